The van der Waals surface area contributed by atoms with Crippen LogP contribution in [0.5, 0.6) is 0 Å². The van der Waals surface area contributed by atoms with Crippen molar-refractivity contribution < 1.29 is 0 Å². The van der Waals surface area contributed by atoms with Gasteiger partial charge in [0.05, 0.1) is 20.4 Å². The Morgan fingerprint density at radius 2 is 1.10 bits per heavy atom. The quantitative estimate of drug-likeness (QED) is 0.0621. The molecule has 218 valence electrons. The molecular weight excluding hydrogens is 605 g/mol. The van der Waals surface area contributed by atoms with Crippen LogP contribution in [0.3, 0.4) is 0 Å². The summed E-state index contributed by atoms with van der Waals surface area (Å²) in [4.78, 5) is 9.57. The molecule has 2 nitrogen and oxygen atoms in total. The molecule has 4 aromatic rings. The Labute approximate surface area is 265 Å². The van der Waals surface area contributed by atoms with Crippen LogP contribution in [0.1, 0.15) is 103 Å². The predicted molar refractivity (Wildman–Crippen MR) is 190 cm³/mol. The minimum atomic E-state index is 0.758. The minimum Gasteiger partial charge on any atom is -0.229 e. The van der Waals surface area contributed by atoms with E-state index in [1.54, 1.807) is 0 Å². The molecule has 8 heteroatoms. The summed E-state index contributed by atoms with van der Waals surface area (Å²) in [5.41, 5.74) is 2.28. The van der Waals surface area contributed by atoms with Gasteiger partial charge in [-0.25, -0.2) is 9.97 Å². The van der Waals surface area contributed by atoms with E-state index in [2.05, 4.69) is 66.2 Å². The highest BCUT2D eigenvalue weighted by Gasteiger charge is 2.13. The van der Waals surface area contributed by atoms with E-state index in [0.29, 0.717) is 0 Å². The van der Waals surface area contributed by atoms with Crippen molar-refractivity contribution in [3.63, 3.8) is 0 Å². The van der Waals surface area contributed by atoms with Crippen molar-refractivity contribution in [2.75, 3.05) is 5.75 Å². The Bertz CT molecular complexity index is 1160. The number of rotatable bonds is 22. The van der Waals surface area contributed by atoms with Crippen LogP contribution in [0.2, 0.25) is 0 Å². The standard InChI is InChI=1S/C32H44N2S6/c1-2-3-4-5-9-12-19-26(38-40-32-34-28-22-15-17-24-30(28)37-32)20-13-10-7-6-8-11-18-25-35-39-31-33-27-21-14-16-23-29(27)36-31/h14-17,21-24,26H,2-13,18-20,25H2,1H3. The number of hydrogen-bond donors (Lipinski definition) is 0. The zero-order chi connectivity index (χ0) is 27.7. The normalized spacial score (nSPS) is 12.5. The average molecular weight is 649 g/mol. The second-order valence-corrected chi connectivity index (χ2v) is 17.9. The zero-order valence-corrected chi connectivity index (χ0v) is 28.8. The van der Waals surface area contributed by atoms with Gasteiger partial charge >= 0.3 is 0 Å². The number of nitrogens with zero attached hydrogens (tertiary/aromatic N) is 2. The maximum absolute atomic E-state index is 4.85. The molecule has 1 atom stereocenters. The number of unbranched alkanes of at least 4 members (excludes halogenated alkanes) is 11. The van der Waals surface area contributed by atoms with Crippen LogP contribution >= 0.6 is 65.8 Å². The Morgan fingerprint density at radius 1 is 0.600 bits per heavy atom. The lowest BCUT2D eigenvalue weighted by Gasteiger charge is -2.15. The number of aromatic nitrogens is 2. The van der Waals surface area contributed by atoms with Gasteiger partial charge in [0.1, 0.15) is 0 Å². The summed E-state index contributed by atoms with van der Waals surface area (Å²) in [6.07, 6.45) is 20.7. The summed E-state index contributed by atoms with van der Waals surface area (Å²) in [5.74, 6) is 1.23. The van der Waals surface area contributed by atoms with E-state index in [0.717, 1.165) is 16.3 Å². The molecule has 2 heterocycles. The molecule has 2 aromatic carbocycles. The largest absolute Gasteiger partial charge is 0.229 e. The molecule has 0 radical (unpaired) electrons. The Kier molecular flexibility index (Phi) is 16.1. The Morgan fingerprint density at radius 3 is 1.68 bits per heavy atom. The maximum atomic E-state index is 4.85. The van der Waals surface area contributed by atoms with Crippen LogP contribution in [0.25, 0.3) is 20.4 Å². The van der Waals surface area contributed by atoms with E-state index >= 15 is 0 Å². The monoisotopic (exact) mass is 648 g/mol. The van der Waals surface area contributed by atoms with Gasteiger partial charge in [-0.05, 0) is 65.1 Å². The molecule has 0 aliphatic rings. The lowest BCUT2D eigenvalue weighted by Crippen LogP contribution is -2.01. The first-order valence-corrected chi connectivity index (χ1v) is 21.3. The van der Waals surface area contributed by atoms with Crippen molar-refractivity contribution in [2.24, 2.45) is 0 Å². The third kappa shape index (κ3) is 12.1. The van der Waals surface area contributed by atoms with Gasteiger partial charge in [0.2, 0.25) is 0 Å². The number of para-hydroxylation sites is 2. The molecule has 0 saturated carbocycles. The van der Waals surface area contributed by atoms with Gasteiger partial charge in [-0.15, -0.1) is 22.7 Å². The van der Waals surface area contributed by atoms with Gasteiger partial charge in [-0.2, -0.15) is 0 Å². The van der Waals surface area contributed by atoms with E-state index < -0.39 is 0 Å². The van der Waals surface area contributed by atoms with Gasteiger partial charge in [-0.3, -0.25) is 0 Å². The number of hydrogen-bond acceptors (Lipinski definition) is 8. The van der Waals surface area contributed by atoms with Crippen LogP contribution in [0, 0.1) is 0 Å². The molecule has 1 unspecified atom stereocenters. The topological polar surface area (TPSA) is 25.8 Å². The van der Waals surface area contributed by atoms with Crippen LogP contribution in [-0.4, -0.2) is 21.0 Å². The summed E-state index contributed by atoms with van der Waals surface area (Å²) < 4.78 is 5.02. The minimum absolute atomic E-state index is 0.758. The van der Waals surface area contributed by atoms with E-state index in [9.17, 15) is 0 Å². The second-order valence-electron chi connectivity index (χ2n) is 10.4. The van der Waals surface area contributed by atoms with Crippen molar-refractivity contribution >= 4 is 86.3 Å². The summed E-state index contributed by atoms with van der Waals surface area (Å²) >= 11 is 3.66. The molecule has 0 bridgehead atoms. The first-order valence-electron chi connectivity index (χ1n) is 15.2. The van der Waals surface area contributed by atoms with Gasteiger partial charge in [0.25, 0.3) is 0 Å². The Hall–Kier alpha value is -0.380. The lowest BCUT2D eigenvalue weighted by molar-refractivity contribution is 0.540. The van der Waals surface area contributed by atoms with Crippen molar-refractivity contribution in [3.05, 3.63) is 48.5 Å². The van der Waals surface area contributed by atoms with Gasteiger partial charge in [0, 0.05) is 11.0 Å². The average Bonchev–Trinajstić information content (AvgIpc) is 3.59. The van der Waals surface area contributed by atoms with Crippen molar-refractivity contribution in [3.8, 4) is 0 Å². The van der Waals surface area contributed by atoms with Gasteiger partial charge < -0.3 is 0 Å². The SMILES string of the molecule is CCCCCCCCC(CCCCCCCCCSSc1nc2ccccc2s1)SSc1nc2ccccc2s1. The van der Waals surface area contributed by atoms with Gasteiger partial charge in [0.15, 0.2) is 8.68 Å². The maximum Gasteiger partial charge on any atom is 0.161 e. The number of thiazole rings is 2. The van der Waals surface area contributed by atoms with E-state index in [1.807, 2.05) is 55.1 Å². The molecule has 0 aliphatic heterocycles. The summed E-state index contributed by atoms with van der Waals surface area (Å²) in [6, 6.07) is 17.0. The molecule has 0 amide bonds. The Balaban J connectivity index is 1.04. The van der Waals surface area contributed by atoms with Crippen molar-refractivity contribution in [1.82, 2.24) is 9.97 Å². The molecule has 40 heavy (non-hydrogen) atoms. The first kappa shape index (κ1) is 32.5. The molecular formula is C32H44N2S6. The van der Waals surface area contributed by atoms with E-state index in [4.69, 9.17) is 9.97 Å². The number of fused-ring (bicyclic) bond motifs is 2. The first-order chi connectivity index (χ1) is 19.8. The molecule has 2 aromatic heterocycles. The molecule has 0 aliphatic carbocycles. The van der Waals surface area contributed by atoms with Crippen molar-refractivity contribution in [2.45, 2.75) is 117 Å². The fourth-order valence-electron chi connectivity index (χ4n) is 4.78. The van der Waals surface area contributed by atoms with E-state index in [-0.39, 0.29) is 0 Å². The highest BCUT2D eigenvalue weighted by molar-refractivity contribution is 8.77. The molecule has 4 rings (SSSR count). The second kappa shape index (κ2) is 19.7. The van der Waals surface area contributed by atoms with Crippen LogP contribution in [0.4, 0.5) is 0 Å². The fraction of sp³-hybridized carbons (Fsp3) is 0.562. The zero-order valence-electron chi connectivity index (χ0n) is 23.9. The highest BCUT2D eigenvalue weighted by atomic mass is 33.1. The lowest BCUT2D eigenvalue weighted by atomic mass is 10.0. The fourth-order valence-corrected chi connectivity index (χ4v) is 12.3. The van der Waals surface area contributed by atoms with Crippen LogP contribution < -0.4 is 0 Å². The summed E-state index contributed by atoms with van der Waals surface area (Å²) in [6.45, 7) is 2.30. The van der Waals surface area contributed by atoms with Crippen LogP contribution in [-0.2, 0) is 0 Å². The molecule has 0 saturated heterocycles. The van der Waals surface area contributed by atoms with Gasteiger partial charge in [-0.1, -0.05) is 130 Å². The van der Waals surface area contributed by atoms with Crippen molar-refractivity contribution in [1.29, 1.82) is 0 Å². The number of benzene rings is 2. The predicted octanol–water partition coefficient (Wildman–Crippen LogP) is 13.3. The smallest absolute Gasteiger partial charge is 0.161 e. The van der Waals surface area contributed by atoms with Crippen LogP contribution in [0.15, 0.2) is 57.2 Å². The third-order valence-corrected chi connectivity index (χ3v) is 15.1. The summed E-state index contributed by atoms with van der Waals surface area (Å²) in [7, 11) is 7.84. The molecule has 0 fully saturated rings. The highest BCUT2D eigenvalue weighted by Crippen LogP contribution is 2.42. The molecule has 0 N–H and O–H groups in total. The summed E-state index contributed by atoms with van der Waals surface area (Å²) in [5, 5.41) is 0.758. The molecule has 0 spiro atoms. The van der Waals surface area contributed by atoms with E-state index in [1.165, 1.54) is 120 Å². The third-order valence-electron chi connectivity index (χ3n) is 7.07.